The van der Waals surface area contributed by atoms with Crippen molar-refractivity contribution in [2.24, 2.45) is 0 Å². The number of likely N-dealkylation sites (N-methyl/N-ethyl adjacent to an activating group) is 1. The SMILES string of the molecule is CCNC(=O)C(C)NC(=O)CCn1c(-c2cccs2)n[nH]c1=S. The smallest absolute Gasteiger partial charge is 0.242 e. The molecule has 0 aromatic carbocycles. The molecule has 2 aromatic heterocycles. The fraction of sp³-hybridized carbons (Fsp3) is 0.429. The lowest BCUT2D eigenvalue weighted by atomic mass is 10.3. The van der Waals surface area contributed by atoms with Crippen LogP contribution in [0.25, 0.3) is 10.7 Å². The summed E-state index contributed by atoms with van der Waals surface area (Å²) in [4.78, 5) is 24.6. The predicted octanol–water partition coefficient (Wildman–Crippen LogP) is 1.70. The van der Waals surface area contributed by atoms with Crippen LogP contribution >= 0.6 is 23.6 Å². The third-order valence-corrected chi connectivity index (χ3v) is 4.36. The molecule has 0 aliphatic heterocycles. The molecule has 2 aromatic rings. The van der Waals surface area contributed by atoms with Crippen LogP contribution in [0.4, 0.5) is 0 Å². The summed E-state index contributed by atoms with van der Waals surface area (Å²) in [6, 6.07) is 3.32. The fourth-order valence-electron chi connectivity index (χ4n) is 2.04. The minimum Gasteiger partial charge on any atom is -0.355 e. The lowest BCUT2D eigenvalue weighted by Crippen LogP contribution is -2.44. The van der Waals surface area contributed by atoms with Gasteiger partial charge in [-0.15, -0.1) is 11.3 Å². The van der Waals surface area contributed by atoms with Gasteiger partial charge in [0.05, 0.1) is 4.88 Å². The summed E-state index contributed by atoms with van der Waals surface area (Å²) in [5.41, 5.74) is 0. The molecule has 124 valence electrons. The lowest BCUT2D eigenvalue weighted by molar-refractivity contribution is -0.128. The number of hydrogen-bond donors (Lipinski definition) is 3. The third kappa shape index (κ3) is 4.49. The molecule has 23 heavy (non-hydrogen) atoms. The number of aromatic amines is 1. The summed E-state index contributed by atoms with van der Waals surface area (Å²) in [5, 5.41) is 14.3. The quantitative estimate of drug-likeness (QED) is 0.661. The zero-order chi connectivity index (χ0) is 16.8. The average molecular weight is 353 g/mol. The van der Waals surface area contributed by atoms with E-state index in [1.54, 1.807) is 22.8 Å². The van der Waals surface area contributed by atoms with Crippen molar-refractivity contribution in [1.82, 2.24) is 25.4 Å². The first-order chi connectivity index (χ1) is 11.0. The maximum Gasteiger partial charge on any atom is 0.242 e. The first kappa shape index (κ1) is 17.4. The predicted molar refractivity (Wildman–Crippen MR) is 91.6 cm³/mol. The van der Waals surface area contributed by atoms with Crippen LogP contribution in [0.1, 0.15) is 20.3 Å². The fourth-order valence-corrected chi connectivity index (χ4v) is 2.98. The minimum atomic E-state index is -0.559. The van der Waals surface area contributed by atoms with Gasteiger partial charge in [-0.1, -0.05) is 6.07 Å². The van der Waals surface area contributed by atoms with E-state index in [2.05, 4.69) is 20.8 Å². The molecule has 2 rings (SSSR count). The number of carbonyl (C=O) groups excluding carboxylic acids is 2. The maximum atomic E-state index is 12.0. The van der Waals surface area contributed by atoms with Crippen molar-refractivity contribution in [3.8, 4) is 10.7 Å². The van der Waals surface area contributed by atoms with Crippen LogP contribution < -0.4 is 10.6 Å². The number of nitrogens with one attached hydrogen (secondary N) is 3. The van der Waals surface area contributed by atoms with Crippen molar-refractivity contribution < 1.29 is 9.59 Å². The minimum absolute atomic E-state index is 0.194. The Labute approximate surface area is 143 Å². The highest BCUT2D eigenvalue weighted by atomic mass is 32.1. The molecule has 0 fully saturated rings. The summed E-state index contributed by atoms with van der Waals surface area (Å²) in [6.07, 6.45) is 0.218. The second-order valence-corrected chi connectivity index (χ2v) is 6.25. The Bertz CT molecular complexity index is 720. The number of H-pyrrole nitrogens is 1. The topological polar surface area (TPSA) is 91.8 Å². The highest BCUT2D eigenvalue weighted by molar-refractivity contribution is 7.71. The monoisotopic (exact) mass is 353 g/mol. The second-order valence-electron chi connectivity index (χ2n) is 4.92. The van der Waals surface area contributed by atoms with E-state index in [0.29, 0.717) is 17.9 Å². The molecule has 2 heterocycles. The number of amides is 2. The van der Waals surface area contributed by atoms with E-state index in [0.717, 1.165) is 10.7 Å². The van der Waals surface area contributed by atoms with E-state index in [4.69, 9.17) is 12.2 Å². The highest BCUT2D eigenvalue weighted by Crippen LogP contribution is 2.22. The van der Waals surface area contributed by atoms with Crippen LogP contribution in [0.15, 0.2) is 17.5 Å². The summed E-state index contributed by atoms with van der Waals surface area (Å²) >= 11 is 6.77. The van der Waals surface area contributed by atoms with Crippen LogP contribution in [0.2, 0.25) is 0 Å². The lowest BCUT2D eigenvalue weighted by Gasteiger charge is -2.13. The standard InChI is InChI=1S/C14H19N5O2S2/c1-3-15-13(21)9(2)16-11(20)6-7-19-12(17-18-14(19)22)10-5-4-8-23-10/h4-5,8-9H,3,6-7H2,1-2H3,(H,15,21)(H,16,20)(H,18,22). The molecule has 0 saturated heterocycles. The zero-order valence-corrected chi connectivity index (χ0v) is 14.6. The highest BCUT2D eigenvalue weighted by Gasteiger charge is 2.16. The van der Waals surface area contributed by atoms with E-state index in [9.17, 15) is 9.59 Å². The molecule has 0 spiro atoms. The van der Waals surface area contributed by atoms with E-state index < -0.39 is 6.04 Å². The molecule has 3 N–H and O–H groups in total. The Hall–Kier alpha value is -2.00. The maximum absolute atomic E-state index is 12.0. The van der Waals surface area contributed by atoms with E-state index >= 15 is 0 Å². The van der Waals surface area contributed by atoms with Gasteiger partial charge in [-0.25, -0.2) is 0 Å². The Morgan fingerprint density at radius 1 is 1.52 bits per heavy atom. The summed E-state index contributed by atoms with van der Waals surface area (Å²) in [7, 11) is 0. The number of hydrogen-bond acceptors (Lipinski definition) is 5. The van der Waals surface area contributed by atoms with E-state index in [-0.39, 0.29) is 18.2 Å². The van der Waals surface area contributed by atoms with Crippen molar-refractivity contribution in [2.75, 3.05) is 6.54 Å². The summed E-state index contributed by atoms with van der Waals surface area (Å²) in [5.74, 6) is 0.318. The Balaban J connectivity index is 1.96. The van der Waals surface area contributed by atoms with Crippen LogP contribution in [-0.2, 0) is 16.1 Å². The van der Waals surface area contributed by atoms with Gasteiger partial charge in [-0.3, -0.25) is 19.3 Å². The van der Waals surface area contributed by atoms with E-state index in [1.807, 2.05) is 24.4 Å². The summed E-state index contributed by atoms with van der Waals surface area (Å²) in [6.45, 7) is 4.42. The number of thiophene rings is 1. The molecular formula is C14H19N5O2S2. The normalized spacial score (nSPS) is 11.9. The van der Waals surface area contributed by atoms with Gasteiger partial charge < -0.3 is 10.6 Å². The molecule has 2 amide bonds. The Morgan fingerprint density at radius 3 is 2.96 bits per heavy atom. The van der Waals surface area contributed by atoms with Crippen molar-refractivity contribution in [2.45, 2.75) is 32.9 Å². The first-order valence-electron chi connectivity index (χ1n) is 7.29. The molecule has 1 unspecified atom stereocenters. The number of aromatic nitrogens is 3. The van der Waals surface area contributed by atoms with Crippen molar-refractivity contribution in [3.05, 3.63) is 22.3 Å². The van der Waals surface area contributed by atoms with Crippen LogP contribution in [0, 0.1) is 4.77 Å². The summed E-state index contributed by atoms with van der Waals surface area (Å²) < 4.78 is 2.26. The number of carbonyl (C=O) groups is 2. The molecular weight excluding hydrogens is 334 g/mol. The van der Waals surface area contributed by atoms with Crippen molar-refractivity contribution >= 4 is 35.4 Å². The van der Waals surface area contributed by atoms with Gasteiger partial charge in [0.2, 0.25) is 11.8 Å². The van der Waals surface area contributed by atoms with E-state index in [1.165, 1.54) is 0 Å². The second kappa shape index (κ2) is 8.02. The molecule has 0 radical (unpaired) electrons. The van der Waals surface area contributed by atoms with Gasteiger partial charge in [0.1, 0.15) is 6.04 Å². The van der Waals surface area contributed by atoms with Crippen LogP contribution in [0.3, 0.4) is 0 Å². The van der Waals surface area contributed by atoms with Gasteiger partial charge in [-0.05, 0) is 37.5 Å². The molecule has 0 aliphatic carbocycles. The molecule has 9 heteroatoms. The third-order valence-electron chi connectivity index (χ3n) is 3.18. The molecule has 7 nitrogen and oxygen atoms in total. The molecule has 0 bridgehead atoms. The zero-order valence-electron chi connectivity index (χ0n) is 13.0. The van der Waals surface area contributed by atoms with Crippen LogP contribution in [-0.4, -0.2) is 39.2 Å². The van der Waals surface area contributed by atoms with Gasteiger partial charge in [-0.2, -0.15) is 5.10 Å². The number of rotatable bonds is 7. The largest absolute Gasteiger partial charge is 0.355 e. The Morgan fingerprint density at radius 2 is 2.30 bits per heavy atom. The first-order valence-corrected chi connectivity index (χ1v) is 8.58. The van der Waals surface area contributed by atoms with Gasteiger partial charge in [0.15, 0.2) is 10.6 Å². The van der Waals surface area contributed by atoms with Gasteiger partial charge >= 0.3 is 0 Å². The molecule has 0 saturated carbocycles. The molecule has 0 aliphatic rings. The molecule has 1 atom stereocenters. The average Bonchev–Trinajstić information content (AvgIpc) is 3.14. The van der Waals surface area contributed by atoms with Crippen LogP contribution in [0.5, 0.6) is 0 Å². The van der Waals surface area contributed by atoms with Crippen molar-refractivity contribution in [1.29, 1.82) is 0 Å². The Kier molecular flexibility index (Phi) is 6.05. The number of nitrogens with zero attached hydrogens (tertiary/aromatic N) is 2. The van der Waals surface area contributed by atoms with Gasteiger partial charge in [0, 0.05) is 19.5 Å². The van der Waals surface area contributed by atoms with Crippen molar-refractivity contribution in [3.63, 3.8) is 0 Å². The van der Waals surface area contributed by atoms with Gasteiger partial charge in [0.25, 0.3) is 0 Å².